The Kier molecular flexibility index (Phi) is 7.05. The number of hydrogen-bond donors (Lipinski definition) is 0. The molecule has 6 heteroatoms. The van der Waals surface area contributed by atoms with E-state index >= 15 is 0 Å². The van der Waals surface area contributed by atoms with E-state index in [9.17, 15) is 9.59 Å². The zero-order chi connectivity index (χ0) is 23.0. The van der Waals surface area contributed by atoms with Crippen LogP contribution in [0.3, 0.4) is 0 Å². The van der Waals surface area contributed by atoms with Crippen LogP contribution in [0.1, 0.15) is 16.7 Å². The monoisotopic (exact) mass is 442 g/mol. The summed E-state index contributed by atoms with van der Waals surface area (Å²) in [4.78, 5) is 26.7. The Morgan fingerprint density at radius 3 is 2.03 bits per heavy atom. The summed E-state index contributed by atoms with van der Waals surface area (Å²) >= 11 is 0. The number of benzene rings is 3. The molecule has 4 rings (SSSR count). The second-order valence-corrected chi connectivity index (χ2v) is 7.79. The first kappa shape index (κ1) is 22.1. The first-order valence-corrected chi connectivity index (χ1v) is 10.8. The topological polar surface area (TPSA) is 60.8 Å². The van der Waals surface area contributed by atoms with Gasteiger partial charge in [-0.15, -0.1) is 0 Å². The molecule has 0 saturated heterocycles. The minimum absolute atomic E-state index is 0.206. The van der Waals surface area contributed by atoms with Crippen LogP contribution in [-0.2, 0) is 29.1 Å². The zero-order valence-electron chi connectivity index (χ0n) is 18.5. The van der Waals surface area contributed by atoms with E-state index in [1.807, 2.05) is 84.9 Å². The molecule has 6 nitrogen and oxygen atoms in total. The van der Waals surface area contributed by atoms with Gasteiger partial charge in [0, 0.05) is 25.2 Å². The number of carbonyl (C=O) groups is 2. The summed E-state index contributed by atoms with van der Waals surface area (Å²) < 4.78 is 12.4. The number of para-hydroxylation sites is 1. The number of carbonyl (C=O) groups excluding carboxylic acids is 2. The maximum Gasteiger partial charge on any atom is 0.418 e. The van der Waals surface area contributed by atoms with Gasteiger partial charge in [-0.2, -0.15) is 0 Å². The lowest BCUT2D eigenvalue weighted by atomic mass is 10.1. The second-order valence-electron chi connectivity index (χ2n) is 7.79. The standard InChI is InChI=1S/C27H26N2O4/c1-28(26(30)32-19-21-10-4-2-5-11-21)17-16-23-18-29(25-15-9-8-14-24(23)25)27(31)33-20-22-12-6-3-7-13-22/h2-15,18H,16-17,19-20H2,1H3. The molecule has 0 unspecified atom stereocenters. The summed E-state index contributed by atoms with van der Waals surface area (Å²) in [5, 5.41) is 0.959. The van der Waals surface area contributed by atoms with Crippen molar-refractivity contribution in [1.29, 1.82) is 0 Å². The summed E-state index contributed by atoms with van der Waals surface area (Å²) in [5.41, 5.74) is 3.61. The summed E-state index contributed by atoms with van der Waals surface area (Å²) in [6.45, 7) is 0.898. The molecule has 1 heterocycles. The molecule has 0 saturated carbocycles. The average Bonchev–Trinajstić information content (AvgIpc) is 3.24. The van der Waals surface area contributed by atoms with Crippen LogP contribution in [0.25, 0.3) is 10.9 Å². The van der Waals surface area contributed by atoms with Gasteiger partial charge in [-0.05, 0) is 29.2 Å². The van der Waals surface area contributed by atoms with Gasteiger partial charge in [-0.1, -0.05) is 78.9 Å². The van der Waals surface area contributed by atoms with Crippen molar-refractivity contribution in [1.82, 2.24) is 9.47 Å². The molecule has 0 spiro atoms. The number of likely N-dealkylation sites (N-methyl/N-ethyl adjacent to an activating group) is 1. The Morgan fingerprint density at radius 2 is 1.36 bits per heavy atom. The highest BCUT2D eigenvalue weighted by molar-refractivity contribution is 5.92. The van der Waals surface area contributed by atoms with Crippen molar-refractivity contribution < 1.29 is 19.1 Å². The quantitative estimate of drug-likeness (QED) is 0.372. The summed E-state index contributed by atoms with van der Waals surface area (Å²) in [6.07, 6.45) is 1.55. The Morgan fingerprint density at radius 1 is 0.788 bits per heavy atom. The van der Waals surface area contributed by atoms with Gasteiger partial charge < -0.3 is 14.4 Å². The smallest absolute Gasteiger partial charge is 0.418 e. The van der Waals surface area contributed by atoms with E-state index in [0.29, 0.717) is 13.0 Å². The van der Waals surface area contributed by atoms with Crippen LogP contribution >= 0.6 is 0 Å². The zero-order valence-corrected chi connectivity index (χ0v) is 18.5. The van der Waals surface area contributed by atoms with E-state index in [2.05, 4.69) is 0 Å². The van der Waals surface area contributed by atoms with Gasteiger partial charge in [0.2, 0.25) is 0 Å². The van der Waals surface area contributed by atoms with Gasteiger partial charge in [0.05, 0.1) is 5.52 Å². The fourth-order valence-corrected chi connectivity index (χ4v) is 3.60. The third-order valence-electron chi connectivity index (χ3n) is 5.43. The molecule has 168 valence electrons. The van der Waals surface area contributed by atoms with Crippen LogP contribution in [0.5, 0.6) is 0 Å². The predicted molar refractivity (Wildman–Crippen MR) is 127 cm³/mol. The van der Waals surface area contributed by atoms with Crippen molar-refractivity contribution in [3.05, 3.63) is 108 Å². The van der Waals surface area contributed by atoms with Crippen LogP contribution in [0, 0.1) is 0 Å². The van der Waals surface area contributed by atoms with E-state index < -0.39 is 6.09 Å². The molecule has 0 aliphatic heterocycles. The van der Waals surface area contributed by atoms with Crippen LogP contribution in [0.15, 0.2) is 91.1 Å². The molecule has 0 aliphatic rings. The molecular weight excluding hydrogens is 416 g/mol. The maximum atomic E-state index is 12.8. The van der Waals surface area contributed by atoms with Gasteiger partial charge in [0.1, 0.15) is 13.2 Å². The SMILES string of the molecule is CN(CCc1cn(C(=O)OCc2ccccc2)c2ccccc12)C(=O)OCc1ccccc1. The number of amides is 1. The van der Waals surface area contributed by atoms with E-state index in [-0.39, 0.29) is 19.3 Å². The Balaban J connectivity index is 1.39. The molecule has 1 aromatic heterocycles. The van der Waals surface area contributed by atoms with E-state index in [1.165, 1.54) is 4.57 Å². The third-order valence-corrected chi connectivity index (χ3v) is 5.43. The molecular formula is C27H26N2O4. The lowest BCUT2D eigenvalue weighted by Gasteiger charge is -2.16. The van der Waals surface area contributed by atoms with Crippen molar-refractivity contribution in [2.75, 3.05) is 13.6 Å². The van der Waals surface area contributed by atoms with Crippen molar-refractivity contribution in [2.24, 2.45) is 0 Å². The lowest BCUT2D eigenvalue weighted by Crippen LogP contribution is -2.29. The van der Waals surface area contributed by atoms with Gasteiger partial charge in [0.15, 0.2) is 0 Å². The molecule has 0 fully saturated rings. The largest absolute Gasteiger partial charge is 0.445 e. The molecule has 33 heavy (non-hydrogen) atoms. The lowest BCUT2D eigenvalue weighted by molar-refractivity contribution is 0.105. The van der Waals surface area contributed by atoms with Crippen molar-refractivity contribution in [3.63, 3.8) is 0 Å². The van der Waals surface area contributed by atoms with E-state index in [0.717, 1.165) is 27.6 Å². The molecule has 0 radical (unpaired) electrons. The van der Waals surface area contributed by atoms with Crippen molar-refractivity contribution in [2.45, 2.75) is 19.6 Å². The fourth-order valence-electron chi connectivity index (χ4n) is 3.60. The van der Waals surface area contributed by atoms with Crippen LogP contribution in [0.4, 0.5) is 9.59 Å². The second kappa shape index (κ2) is 10.5. The molecule has 3 aromatic carbocycles. The Labute approximate surface area is 193 Å². The van der Waals surface area contributed by atoms with Crippen LogP contribution in [0.2, 0.25) is 0 Å². The normalized spacial score (nSPS) is 10.7. The van der Waals surface area contributed by atoms with Crippen molar-refractivity contribution >= 4 is 23.1 Å². The number of fused-ring (bicyclic) bond motifs is 1. The Hall–Kier alpha value is -4.06. The average molecular weight is 443 g/mol. The first-order valence-electron chi connectivity index (χ1n) is 10.8. The molecule has 0 aliphatic carbocycles. The van der Waals surface area contributed by atoms with Crippen molar-refractivity contribution in [3.8, 4) is 0 Å². The van der Waals surface area contributed by atoms with E-state index in [1.54, 1.807) is 18.1 Å². The van der Waals surface area contributed by atoms with Gasteiger partial charge in [-0.3, -0.25) is 4.57 Å². The number of aromatic nitrogens is 1. The first-order chi connectivity index (χ1) is 16.1. The number of hydrogen-bond acceptors (Lipinski definition) is 4. The minimum Gasteiger partial charge on any atom is -0.445 e. The summed E-state index contributed by atoms with van der Waals surface area (Å²) in [7, 11) is 1.71. The van der Waals surface area contributed by atoms with Crippen LogP contribution in [-0.4, -0.2) is 35.2 Å². The predicted octanol–water partition coefficient (Wildman–Crippen LogP) is 5.64. The van der Waals surface area contributed by atoms with Gasteiger partial charge in [-0.25, -0.2) is 9.59 Å². The summed E-state index contributed by atoms with van der Waals surface area (Å²) in [5.74, 6) is 0. The fraction of sp³-hybridized carbons (Fsp3) is 0.185. The molecule has 4 aromatic rings. The molecule has 1 amide bonds. The minimum atomic E-state index is -0.433. The molecule has 0 atom stereocenters. The number of nitrogens with zero attached hydrogens (tertiary/aromatic N) is 2. The molecule has 0 N–H and O–H groups in total. The highest BCUT2D eigenvalue weighted by Gasteiger charge is 2.16. The maximum absolute atomic E-state index is 12.8. The third kappa shape index (κ3) is 5.60. The molecule has 0 bridgehead atoms. The van der Waals surface area contributed by atoms with Gasteiger partial charge in [0.25, 0.3) is 0 Å². The van der Waals surface area contributed by atoms with Gasteiger partial charge >= 0.3 is 12.2 Å². The highest BCUT2D eigenvalue weighted by Crippen LogP contribution is 2.22. The highest BCUT2D eigenvalue weighted by atomic mass is 16.6. The number of ether oxygens (including phenoxy) is 2. The number of rotatable bonds is 7. The van der Waals surface area contributed by atoms with E-state index in [4.69, 9.17) is 9.47 Å². The Bertz CT molecular complexity index is 1220. The van der Waals surface area contributed by atoms with Crippen LogP contribution < -0.4 is 0 Å². The summed E-state index contributed by atoms with van der Waals surface area (Å²) in [6, 6.07) is 26.8.